The fourth-order valence-corrected chi connectivity index (χ4v) is 1.94. The van der Waals surface area contributed by atoms with Crippen LogP contribution in [-0.4, -0.2) is 47.9 Å². The summed E-state index contributed by atoms with van der Waals surface area (Å²) in [5.41, 5.74) is 4.92. The highest BCUT2D eigenvalue weighted by Gasteiger charge is 2.30. The number of rotatable bonds is 3. The Morgan fingerprint density at radius 1 is 1.67 bits per heavy atom. The molecule has 1 aliphatic heterocycles. The number of carbonyl (C=O) groups excluding carboxylic acids is 1. The van der Waals surface area contributed by atoms with Crippen molar-refractivity contribution < 1.29 is 14.6 Å². The molecular formula is C10H20N2O3. The first-order valence-electron chi connectivity index (χ1n) is 5.35. The highest BCUT2D eigenvalue weighted by atomic mass is 16.6. The van der Waals surface area contributed by atoms with Gasteiger partial charge in [-0.3, -0.25) is 0 Å². The lowest BCUT2D eigenvalue weighted by molar-refractivity contribution is -0.0459. The van der Waals surface area contributed by atoms with Crippen LogP contribution in [0.25, 0.3) is 0 Å². The number of likely N-dealkylation sites (tertiary alicyclic amines) is 1. The van der Waals surface area contributed by atoms with Crippen molar-refractivity contribution in [3.05, 3.63) is 0 Å². The second-order valence-electron chi connectivity index (χ2n) is 4.48. The molecule has 5 nitrogen and oxygen atoms in total. The molecule has 0 aromatic rings. The zero-order valence-electron chi connectivity index (χ0n) is 9.35. The van der Waals surface area contributed by atoms with E-state index in [2.05, 4.69) is 18.7 Å². The molecule has 0 spiro atoms. The number of amides is 1. The fourth-order valence-electron chi connectivity index (χ4n) is 1.94. The average Bonchev–Trinajstić information content (AvgIpc) is 2.08. The second-order valence-corrected chi connectivity index (χ2v) is 4.48. The van der Waals surface area contributed by atoms with E-state index < -0.39 is 18.3 Å². The summed E-state index contributed by atoms with van der Waals surface area (Å²) in [6.45, 7) is 6.63. The van der Waals surface area contributed by atoms with Gasteiger partial charge in [0, 0.05) is 19.6 Å². The lowest BCUT2D eigenvalue weighted by atomic mass is 10.0. The summed E-state index contributed by atoms with van der Waals surface area (Å²) in [5.74, 6) is 0.575. The van der Waals surface area contributed by atoms with E-state index in [1.54, 1.807) is 0 Å². The van der Waals surface area contributed by atoms with Crippen molar-refractivity contribution in [3.8, 4) is 0 Å². The second kappa shape index (κ2) is 5.32. The molecule has 0 aromatic carbocycles. The van der Waals surface area contributed by atoms with Crippen LogP contribution in [0, 0.1) is 5.92 Å². The number of ether oxygens (including phenoxy) is 1. The average molecular weight is 216 g/mol. The van der Waals surface area contributed by atoms with E-state index in [0.717, 1.165) is 13.1 Å². The number of aliphatic hydroxyl groups is 1. The predicted molar refractivity (Wildman–Crippen MR) is 56.4 cm³/mol. The lowest BCUT2D eigenvalue weighted by Crippen LogP contribution is -2.49. The van der Waals surface area contributed by atoms with Crippen molar-refractivity contribution in [3.63, 3.8) is 0 Å². The van der Waals surface area contributed by atoms with Gasteiger partial charge in [0.2, 0.25) is 0 Å². The molecule has 88 valence electrons. The molecule has 1 heterocycles. The Bertz CT molecular complexity index is 221. The summed E-state index contributed by atoms with van der Waals surface area (Å²) in [5, 5.41) is 9.73. The molecular weight excluding hydrogens is 196 g/mol. The van der Waals surface area contributed by atoms with E-state index in [0.29, 0.717) is 18.9 Å². The van der Waals surface area contributed by atoms with E-state index in [1.165, 1.54) is 0 Å². The van der Waals surface area contributed by atoms with Crippen LogP contribution in [0.15, 0.2) is 0 Å². The lowest BCUT2D eigenvalue weighted by Gasteiger charge is -2.35. The van der Waals surface area contributed by atoms with Gasteiger partial charge in [-0.1, -0.05) is 13.8 Å². The van der Waals surface area contributed by atoms with E-state index in [-0.39, 0.29) is 0 Å². The molecule has 1 rings (SSSR count). The quantitative estimate of drug-likeness (QED) is 0.705. The van der Waals surface area contributed by atoms with Gasteiger partial charge >= 0.3 is 6.09 Å². The van der Waals surface area contributed by atoms with Gasteiger partial charge in [0.25, 0.3) is 0 Å². The van der Waals surface area contributed by atoms with Crippen LogP contribution in [0.5, 0.6) is 0 Å². The summed E-state index contributed by atoms with van der Waals surface area (Å²) >= 11 is 0. The molecule has 1 fully saturated rings. The van der Waals surface area contributed by atoms with Crippen molar-refractivity contribution in [2.75, 3.05) is 19.6 Å². The highest BCUT2D eigenvalue weighted by molar-refractivity contribution is 5.64. The summed E-state index contributed by atoms with van der Waals surface area (Å²) in [6, 6.07) is 0. The molecule has 0 bridgehead atoms. The molecule has 5 heteroatoms. The van der Waals surface area contributed by atoms with Gasteiger partial charge < -0.3 is 20.5 Å². The van der Waals surface area contributed by atoms with Gasteiger partial charge in [-0.15, -0.1) is 0 Å². The third-order valence-corrected chi connectivity index (χ3v) is 2.50. The third kappa shape index (κ3) is 4.05. The SMILES string of the molecule is CC(C)CN1CC[C@H](OC(N)=O)[C@@H](O)C1. The zero-order valence-corrected chi connectivity index (χ0v) is 9.35. The largest absolute Gasteiger partial charge is 0.444 e. The van der Waals surface area contributed by atoms with Crippen LogP contribution in [0.4, 0.5) is 4.79 Å². The Kier molecular flexibility index (Phi) is 4.35. The van der Waals surface area contributed by atoms with Gasteiger partial charge in [0.15, 0.2) is 0 Å². The number of aliphatic hydroxyl groups excluding tert-OH is 1. The maximum Gasteiger partial charge on any atom is 0.404 e. The molecule has 2 atom stereocenters. The van der Waals surface area contributed by atoms with Crippen LogP contribution in [0.1, 0.15) is 20.3 Å². The molecule has 0 aromatic heterocycles. The number of nitrogens with zero attached hydrogens (tertiary/aromatic N) is 1. The smallest absolute Gasteiger partial charge is 0.404 e. The maximum atomic E-state index is 10.5. The van der Waals surface area contributed by atoms with E-state index >= 15 is 0 Å². The standard InChI is InChI=1S/C10H20N2O3/c1-7(2)5-12-4-3-9(8(13)6-12)15-10(11)14/h7-9,13H,3-6H2,1-2H3,(H2,11,14)/t8-,9-/m0/s1. The number of primary amides is 1. The van der Waals surface area contributed by atoms with Gasteiger partial charge in [-0.25, -0.2) is 4.79 Å². The van der Waals surface area contributed by atoms with Crippen LogP contribution < -0.4 is 5.73 Å². The van der Waals surface area contributed by atoms with Crippen LogP contribution in [0.2, 0.25) is 0 Å². The van der Waals surface area contributed by atoms with Crippen molar-refractivity contribution in [2.24, 2.45) is 11.7 Å². The minimum Gasteiger partial charge on any atom is -0.444 e. The molecule has 3 N–H and O–H groups in total. The molecule has 0 saturated carbocycles. The van der Waals surface area contributed by atoms with E-state index in [4.69, 9.17) is 10.5 Å². The fraction of sp³-hybridized carbons (Fsp3) is 0.900. The number of piperidine rings is 1. The Morgan fingerprint density at radius 3 is 2.80 bits per heavy atom. The molecule has 0 radical (unpaired) electrons. The maximum absolute atomic E-state index is 10.5. The highest BCUT2D eigenvalue weighted by Crippen LogP contribution is 2.15. The van der Waals surface area contributed by atoms with Crippen molar-refractivity contribution in [1.29, 1.82) is 0 Å². The molecule has 1 saturated heterocycles. The third-order valence-electron chi connectivity index (χ3n) is 2.50. The Hall–Kier alpha value is -0.810. The first-order chi connectivity index (χ1) is 6.99. The summed E-state index contributed by atoms with van der Waals surface area (Å²) in [6.07, 6.45) is -1.22. The monoisotopic (exact) mass is 216 g/mol. The van der Waals surface area contributed by atoms with Crippen LogP contribution in [-0.2, 0) is 4.74 Å². The first-order valence-corrected chi connectivity index (χ1v) is 5.35. The number of β-amino-alcohol motifs (C(OH)–C–C–N with tert-alkyl or cyclic N) is 1. The minimum absolute atomic E-state index is 0.439. The Labute approximate surface area is 90.2 Å². The normalized spacial score (nSPS) is 28.0. The van der Waals surface area contributed by atoms with Crippen LogP contribution in [0.3, 0.4) is 0 Å². The van der Waals surface area contributed by atoms with E-state index in [9.17, 15) is 9.90 Å². The summed E-state index contributed by atoms with van der Waals surface area (Å²) < 4.78 is 4.82. The number of nitrogens with two attached hydrogens (primary N) is 1. The van der Waals surface area contributed by atoms with Gasteiger partial charge in [-0.2, -0.15) is 0 Å². The molecule has 0 aliphatic carbocycles. The van der Waals surface area contributed by atoms with Gasteiger partial charge in [0.1, 0.15) is 12.2 Å². The van der Waals surface area contributed by atoms with Gasteiger partial charge in [0.05, 0.1) is 0 Å². The zero-order chi connectivity index (χ0) is 11.4. The Morgan fingerprint density at radius 2 is 2.33 bits per heavy atom. The molecule has 15 heavy (non-hydrogen) atoms. The van der Waals surface area contributed by atoms with Gasteiger partial charge in [-0.05, 0) is 12.3 Å². The molecule has 0 unspecified atom stereocenters. The molecule has 1 amide bonds. The van der Waals surface area contributed by atoms with Crippen molar-refractivity contribution >= 4 is 6.09 Å². The number of carbonyl (C=O) groups is 1. The summed E-state index contributed by atoms with van der Waals surface area (Å²) in [4.78, 5) is 12.7. The number of hydrogen-bond acceptors (Lipinski definition) is 4. The minimum atomic E-state index is -0.809. The first kappa shape index (κ1) is 12.3. The van der Waals surface area contributed by atoms with Crippen molar-refractivity contribution in [1.82, 2.24) is 4.90 Å². The van der Waals surface area contributed by atoms with Crippen molar-refractivity contribution in [2.45, 2.75) is 32.5 Å². The van der Waals surface area contributed by atoms with E-state index in [1.807, 2.05) is 0 Å². The molecule has 1 aliphatic rings. The summed E-state index contributed by atoms with van der Waals surface area (Å²) in [7, 11) is 0. The topological polar surface area (TPSA) is 75.8 Å². The van der Waals surface area contributed by atoms with Crippen LogP contribution >= 0.6 is 0 Å². The Balaban J connectivity index is 2.37. The number of hydrogen-bond donors (Lipinski definition) is 2. The predicted octanol–water partition coefficient (Wildman–Crippen LogP) is 0.173.